The number of nitrogens with zero attached hydrogens (tertiary/aromatic N) is 2. The largest absolute Gasteiger partial charge is 0.497 e. The molecule has 0 aliphatic carbocycles. The molecule has 0 fully saturated rings. The number of aldehydes is 1. The van der Waals surface area contributed by atoms with Crippen LogP contribution in [0.15, 0.2) is 71.5 Å². The monoisotopic (exact) mass is 460 g/mol. The molecule has 1 unspecified atom stereocenters. The minimum absolute atomic E-state index is 0.0844. The Morgan fingerprint density at radius 2 is 1.94 bits per heavy atom. The van der Waals surface area contributed by atoms with Gasteiger partial charge in [0.15, 0.2) is 12.1 Å². The average Bonchev–Trinajstić information content (AvgIpc) is 3.24. The summed E-state index contributed by atoms with van der Waals surface area (Å²) in [6.07, 6.45) is 0.629. The lowest BCUT2D eigenvalue weighted by Crippen LogP contribution is -2.17. The van der Waals surface area contributed by atoms with Crippen LogP contribution in [0.25, 0.3) is 5.69 Å². The van der Waals surface area contributed by atoms with E-state index in [2.05, 4.69) is 15.4 Å². The Bertz CT molecular complexity index is 1410. The molecule has 0 saturated carbocycles. The number of benzene rings is 3. The third-order valence-electron chi connectivity index (χ3n) is 5.22. The lowest BCUT2D eigenvalue weighted by molar-refractivity contribution is 0.112. The van der Waals surface area contributed by atoms with Crippen molar-refractivity contribution in [2.24, 2.45) is 5.73 Å². The molecule has 0 aliphatic heterocycles. The van der Waals surface area contributed by atoms with E-state index in [0.717, 1.165) is 4.68 Å². The Morgan fingerprint density at radius 1 is 1.21 bits per heavy atom. The average molecular weight is 460 g/mol. The lowest BCUT2D eigenvalue weighted by Gasteiger charge is -2.19. The highest BCUT2D eigenvalue weighted by Gasteiger charge is 2.24. The van der Waals surface area contributed by atoms with Gasteiger partial charge in [0, 0.05) is 22.4 Å². The second-order valence-electron chi connectivity index (χ2n) is 7.36. The fourth-order valence-electron chi connectivity index (χ4n) is 3.49. The van der Waals surface area contributed by atoms with Crippen LogP contribution in [0.3, 0.4) is 0 Å². The molecule has 4 aromatic rings. The normalized spacial score (nSPS) is 11.6. The van der Waals surface area contributed by atoms with Crippen LogP contribution in [-0.2, 0) is 0 Å². The number of nitrogens with two attached hydrogens (primary N) is 1. The number of methoxy groups -OCH3 is 1. The summed E-state index contributed by atoms with van der Waals surface area (Å²) in [5.74, 6) is -0.0853. The predicted molar refractivity (Wildman–Crippen MR) is 125 cm³/mol. The number of H-pyrrole nitrogens is 1. The number of aromatic amines is 1. The third kappa shape index (κ3) is 4.42. The first-order chi connectivity index (χ1) is 16.4. The number of rotatable bonds is 8. The smallest absolute Gasteiger partial charge is 0.348 e. The van der Waals surface area contributed by atoms with Gasteiger partial charge in [-0.05, 0) is 54.6 Å². The molecular formula is C24H21FN6O3. The SMILES string of the molecule is COc1ccc(F)c(C(Nc2ccc(C(=N)N)cc2)c2nn(-c3ccccc3C=O)c(=O)[nH]2)c1. The Morgan fingerprint density at radius 3 is 2.62 bits per heavy atom. The minimum atomic E-state index is -0.921. The van der Waals surface area contributed by atoms with Crippen LogP contribution in [0.4, 0.5) is 10.1 Å². The molecule has 172 valence electrons. The zero-order chi connectivity index (χ0) is 24.2. The minimum Gasteiger partial charge on any atom is -0.497 e. The van der Waals surface area contributed by atoms with E-state index in [1.54, 1.807) is 48.5 Å². The summed E-state index contributed by atoms with van der Waals surface area (Å²) in [5, 5.41) is 15.1. The molecule has 9 nitrogen and oxygen atoms in total. The maximum absolute atomic E-state index is 15.0. The zero-order valence-electron chi connectivity index (χ0n) is 18.1. The van der Waals surface area contributed by atoms with Gasteiger partial charge in [0.1, 0.15) is 23.4 Å². The lowest BCUT2D eigenvalue weighted by atomic mass is 10.0. The van der Waals surface area contributed by atoms with Crippen LogP contribution < -0.4 is 21.5 Å². The van der Waals surface area contributed by atoms with E-state index in [0.29, 0.717) is 29.0 Å². The maximum Gasteiger partial charge on any atom is 0.348 e. The Kier molecular flexibility index (Phi) is 6.22. The molecule has 4 rings (SSSR count). The quantitative estimate of drug-likeness (QED) is 0.181. The number of ether oxygens (including phenoxy) is 1. The number of nitrogens with one attached hydrogen (secondary N) is 3. The van der Waals surface area contributed by atoms with Gasteiger partial charge in [-0.15, -0.1) is 5.10 Å². The highest BCUT2D eigenvalue weighted by Crippen LogP contribution is 2.29. The number of para-hydroxylation sites is 1. The first-order valence-corrected chi connectivity index (χ1v) is 10.2. The number of carbonyl (C=O) groups is 1. The molecule has 0 amide bonds. The maximum atomic E-state index is 15.0. The van der Waals surface area contributed by atoms with Crippen molar-refractivity contribution < 1.29 is 13.9 Å². The molecule has 0 bridgehead atoms. The van der Waals surface area contributed by atoms with Gasteiger partial charge in [0.05, 0.1) is 12.8 Å². The van der Waals surface area contributed by atoms with E-state index in [1.807, 2.05) is 0 Å². The highest BCUT2D eigenvalue weighted by atomic mass is 19.1. The van der Waals surface area contributed by atoms with E-state index in [4.69, 9.17) is 15.9 Å². The van der Waals surface area contributed by atoms with Gasteiger partial charge in [-0.25, -0.2) is 9.18 Å². The van der Waals surface area contributed by atoms with Crippen LogP contribution in [0.1, 0.15) is 33.4 Å². The second-order valence-corrected chi connectivity index (χ2v) is 7.36. The molecule has 0 saturated heterocycles. The van der Waals surface area contributed by atoms with Crippen molar-refractivity contribution in [1.29, 1.82) is 5.41 Å². The van der Waals surface area contributed by atoms with E-state index >= 15 is 0 Å². The van der Waals surface area contributed by atoms with E-state index < -0.39 is 17.5 Å². The number of aromatic nitrogens is 3. The number of hydrogen-bond donors (Lipinski definition) is 4. The van der Waals surface area contributed by atoms with Crippen LogP contribution in [-0.4, -0.2) is 34.0 Å². The number of halogens is 1. The van der Waals surface area contributed by atoms with Crippen LogP contribution in [0.5, 0.6) is 5.75 Å². The third-order valence-corrected chi connectivity index (χ3v) is 5.22. The van der Waals surface area contributed by atoms with Gasteiger partial charge in [0.2, 0.25) is 0 Å². The summed E-state index contributed by atoms with van der Waals surface area (Å²) < 4.78 is 21.3. The first-order valence-electron chi connectivity index (χ1n) is 10.2. The second kappa shape index (κ2) is 9.41. The van der Waals surface area contributed by atoms with Gasteiger partial charge in [-0.2, -0.15) is 4.68 Å². The fourth-order valence-corrected chi connectivity index (χ4v) is 3.49. The molecule has 0 spiro atoms. The molecule has 3 aromatic carbocycles. The Hall–Kier alpha value is -4.73. The van der Waals surface area contributed by atoms with E-state index in [9.17, 15) is 14.0 Å². The van der Waals surface area contributed by atoms with Crippen molar-refractivity contribution in [2.75, 3.05) is 12.4 Å². The molecule has 1 aromatic heterocycles. The van der Waals surface area contributed by atoms with Crippen molar-refractivity contribution in [2.45, 2.75) is 6.04 Å². The van der Waals surface area contributed by atoms with E-state index in [1.165, 1.54) is 25.3 Å². The van der Waals surface area contributed by atoms with Gasteiger partial charge in [-0.3, -0.25) is 15.2 Å². The summed E-state index contributed by atoms with van der Waals surface area (Å²) in [5.41, 5.74) is 6.77. The van der Waals surface area contributed by atoms with Gasteiger partial charge in [0.25, 0.3) is 0 Å². The topological polar surface area (TPSA) is 139 Å². The first kappa shape index (κ1) is 22.5. The molecule has 1 atom stereocenters. The Balaban J connectivity index is 1.83. The van der Waals surface area contributed by atoms with E-state index in [-0.39, 0.29) is 22.8 Å². The summed E-state index contributed by atoms with van der Waals surface area (Å²) in [7, 11) is 1.47. The molecule has 34 heavy (non-hydrogen) atoms. The van der Waals surface area contributed by atoms with Crippen molar-refractivity contribution in [3.05, 3.63) is 106 Å². The molecule has 0 aliphatic rings. The predicted octanol–water partition coefficient (Wildman–Crippen LogP) is 3.01. The molecule has 5 N–H and O–H groups in total. The van der Waals surface area contributed by atoms with Gasteiger partial charge in [-0.1, -0.05) is 12.1 Å². The standard InChI is InChI=1S/C24H21FN6O3/c1-34-17-10-11-19(25)18(12-17)21(28-16-8-6-14(7-9-16)22(26)27)23-29-24(33)31(30-23)20-5-3-2-4-15(20)13-32/h2-13,21,28H,1H3,(H3,26,27)(H,29,30,33). The van der Waals surface area contributed by atoms with Crippen molar-refractivity contribution in [3.8, 4) is 11.4 Å². The number of amidine groups is 1. The summed E-state index contributed by atoms with van der Waals surface area (Å²) in [6.45, 7) is 0. The molecule has 0 radical (unpaired) electrons. The zero-order valence-corrected chi connectivity index (χ0v) is 18.1. The molecular weight excluding hydrogens is 439 g/mol. The summed E-state index contributed by atoms with van der Waals surface area (Å²) in [6, 6.07) is 16.5. The summed E-state index contributed by atoms with van der Waals surface area (Å²) in [4.78, 5) is 26.9. The van der Waals surface area contributed by atoms with Gasteiger partial charge >= 0.3 is 5.69 Å². The number of carbonyl (C=O) groups excluding carboxylic acids is 1. The Labute approximate surface area is 193 Å². The fraction of sp³-hybridized carbons (Fsp3) is 0.0833. The van der Waals surface area contributed by atoms with Crippen LogP contribution in [0.2, 0.25) is 0 Å². The van der Waals surface area contributed by atoms with Crippen LogP contribution in [0, 0.1) is 11.2 Å². The molecule has 1 heterocycles. The number of nitrogen functional groups attached to an aromatic ring is 1. The summed E-state index contributed by atoms with van der Waals surface area (Å²) >= 11 is 0. The van der Waals surface area contributed by atoms with Crippen molar-refractivity contribution in [3.63, 3.8) is 0 Å². The van der Waals surface area contributed by atoms with Crippen LogP contribution >= 0.6 is 0 Å². The number of anilines is 1. The van der Waals surface area contributed by atoms with Crippen molar-refractivity contribution in [1.82, 2.24) is 14.8 Å². The highest BCUT2D eigenvalue weighted by molar-refractivity contribution is 5.95. The molecule has 10 heteroatoms. The number of hydrogen-bond acceptors (Lipinski definition) is 6. The van der Waals surface area contributed by atoms with Crippen molar-refractivity contribution >= 4 is 17.8 Å². The van der Waals surface area contributed by atoms with Gasteiger partial charge < -0.3 is 15.8 Å².